The van der Waals surface area contributed by atoms with Crippen molar-refractivity contribution in [3.05, 3.63) is 30.1 Å². The van der Waals surface area contributed by atoms with Crippen LogP contribution >= 0.6 is 11.8 Å². The second-order valence-corrected chi connectivity index (χ2v) is 6.17. The van der Waals surface area contributed by atoms with Gasteiger partial charge in [-0.05, 0) is 31.9 Å². The maximum Gasteiger partial charge on any atom is 0.284 e. The van der Waals surface area contributed by atoms with Gasteiger partial charge in [-0.1, -0.05) is 16.9 Å². The van der Waals surface area contributed by atoms with Crippen LogP contribution in [-0.2, 0) is 0 Å². The van der Waals surface area contributed by atoms with Crippen LogP contribution in [0, 0.1) is 0 Å². The summed E-state index contributed by atoms with van der Waals surface area (Å²) in [6.07, 6.45) is 3.86. The number of hydrogen-bond donors (Lipinski definition) is 0. The minimum Gasteiger partial charge on any atom is -0.459 e. The van der Waals surface area contributed by atoms with Crippen molar-refractivity contribution in [2.45, 2.75) is 36.2 Å². The van der Waals surface area contributed by atoms with Crippen molar-refractivity contribution in [1.82, 2.24) is 20.3 Å². The normalized spacial score (nSPS) is 16.2. The smallest absolute Gasteiger partial charge is 0.284 e. The number of nitrogens with zero attached hydrogens (tertiary/aromatic N) is 4. The quantitative estimate of drug-likeness (QED) is 0.662. The van der Waals surface area contributed by atoms with E-state index in [-0.39, 0.29) is 5.25 Å². The van der Waals surface area contributed by atoms with Crippen molar-refractivity contribution >= 4 is 11.8 Å². The van der Waals surface area contributed by atoms with Crippen LogP contribution in [0.15, 0.2) is 37.0 Å². The summed E-state index contributed by atoms with van der Waals surface area (Å²) in [6, 6.07) is 3.54. The third-order valence-corrected chi connectivity index (χ3v) is 4.09. The topological polar surface area (TPSA) is 91.0 Å². The number of aromatic nitrogens is 4. The van der Waals surface area contributed by atoms with Gasteiger partial charge in [0.15, 0.2) is 11.6 Å². The van der Waals surface area contributed by atoms with Gasteiger partial charge in [0.2, 0.25) is 5.89 Å². The Morgan fingerprint density at radius 3 is 3.00 bits per heavy atom. The van der Waals surface area contributed by atoms with E-state index in [0.717, 1.165) is 18.7 Å². The van der Waals surface area contributed by atoms with E-state index in [2.05, 4.69) is 20.3 Å². The molecule has 1 fully saturated rings. The number of thioether (sulfide) groups is 1. The molecule has 1 saturated carbocycles. The number of hydrogen-bond acceptors (Lipinski definition) is 8. The molecule has 0 spiro atoms. The van der Waals surface area contributed by atoms with Gasteiger partial charge in [0.1, 0.15) is 0 Å². The molecule has 0 amide bonds. The lowest BCUT2D eigenvalue weighted by Crippen LogP contribution is -1.90. The predicted molar refractivity (Wildman–Crippen MR) is 72.5 cm³/mol. The first kappa shape index (κ1) is 12.6. The van der Waals surface area contributed by atoms with Gasteiger partial charge >= 0.3 is 0 Å². The molecule has 0 radical (unpaired) electrons. The first-order valence-corrected chi connectivity index (χ1v) is 7.55. The summed E-state index contributed by atoms with van der Waals surface area (Å²) in [6.45, 7) is 1.96. The first-order chi connectivity index (χ1) is 10.3. The molecule has 0 N–H and O–H groups in total. The molecule has 8 heteroatoms. The van der Waals surface area contributed by atoms with Crippen LogP contribution in [0.25, 0.3) is 11.7 Å². The average molecular weight is 304 g/mol. The highest BCUT2D eigenvalue weighted by atomic mass is 32.2. The predicted octanol–water partition coefficient (Wildman–Crippen LogP) is 3.44. The molecule has 0 unspecified atom stereocenters. The van der Waals surface area contributed by atoms with Crippen LogP contribution < -0.4 is 0 Å². The molecule has 0 aromatic carbocycles. The summed E-state index contributed by atoms with van der Waals surface area (Å²) in [5.74, 6) is 2.78. The van der Waals surface area contributed by atoms with Crippen molar-refractivity contribution in [3.63, 3.8) is 0 Å². The Hall–Kier alpha value is -2.09. The van der Waals surface area contributed by atoms with E-state index in [0.29, 0.717) is 28.7 Å². The van der Waals surface area contributed by atoms with Crippen molar-refractivity contribution in [2.75, 3.05) is 0 Å². The van der Waals surface area contributed by atoms with E-state index in [1.54, 1.807) is 18.4 Å². The van der Waals surface area contributed by atoms with E-state index < -0.39 is 0 Å². The fourth-order valence-corrected chi connectivity index (χ4v) is 2.59. The molecule has 0 bridgehead atoms. The lowest BCUT2D eigenvalue weighted by atomic mass is 10.4. The minimum atomic E-state index is -0.0464. The third kappa shape index (κ3) is 2.58. The third-order valence-electron chi connectivity index (χ3n) is 3.16. The highest BCUT2D eigenvalue weighted by molar-refractivity contribution is 7.99. The number of furan rings is 1. The van der Waals surface area contributed by atoms with E-state index in [9.17, 15) is 0 Å². The van der Waals surface area contributed by atoms with Crippen LogP contribution in [0.3, 0.4) is 0 Å². The highest BCUT2D eigenvalue weighted by Gasteiger charge is 2.30. The highest BCUT2D eigenvalue weighted by Crippen LogP contribution is 2.40. The minimum absolute atomic E-state index is 0.0464. The van der Waals surface area contributed by atoms with Crippen LogP contribution in [-0.4, -0.2) is 20.3 Å². The van der Waals surface area contributed by atoms with Gasteiger partial charge in [0, 0.05) is 5.92 Å². The Balaban J connectivity index is 1.47. The van der Waals surface area contributed by atoms with E-state index >= 15 is 0 Å². The molecule has 1 aliphatic rings. The second-order valence-electron chi connectivity index (χ2n) is 4.88. The standard InChI is InChI=1S/C13H12N4O3S/c1-7(11-14-10(17-20-11)8-4-5-8)21-13-16-15-12(19-13)9-3-2-6-18-9/h2-3,6-8H,4-5H2,1H3/t7-/m1/s1. The summed E-state index contributed by atoms with van der Waals surface area (Å²) in [7, 11) is 0. The van der Waals surface area contributed by atoms with E-state index in [4.69, 9.17) is 13.4 Å². The summed E-state index contributed by atoms with van der Waals surface area (Å²) in [4.78, 5) is 4.42. The monoisotopic (exact) mass is 304 g/mol. The maximum atomic E-state index is 5.54. The second kappa shape index (κ2) is 5.03. The lowest BCUT2D eigenvalue weighted by molar-refractivity contribution is 0.373. The molecule has 7 nitrogen and oxygen atoms in total. The van der Waals surface area contributed by atoms with Crippen molar-refractivity contribution in [3.8, 4) is 11.7 Å². The van der Waals surface area contributed by atoms with Crippen LogP contribution in [0.5, 0.6) is 0 Å². The molecular weight excluding hydrogens is 292 g/mol. The van der Waals surface area contributed by atoms with Crippen molar-refractivity contribution in [1.29, 1.82) is 0 Å². The Morgan fingerprint density at radius 1 is 1.33 bits per heavy atom. The molecule has 0 saturated heterocycles. The Labute approximate surface area is 124 Å². The zero-order valence-electron chi connectivity index (χ0n) is 11.2. The van der Waals surface area contributed by atoms with Gasteiger partial charge in [-0.25, -0.2) is 0 Å². The zero-order valence-corrected chi connectivity index (χ0v) is 12.0. The molecule has 1 aliphatic carbocycles. The SMILES string of the molecule is C[C@@H](Sc1nnc(-c2ccco2)o1)c1nc(C2CC2)no1. The summed E-state index contributed by atoms with van der Waals surface area (Å²) in [5, 5.41) is 12.3. The molecule has 3 aromatic rings. The van der Waals surface area contributed by atoms with Crippen molar-refractivity contribution in [2.24, 2.45) is 0 Å². The van der Waals surface area contributed by atoms with Gasteiger partial charge in [0.05, 0.1) is 11.5 Å². The van der Waals surface area contributed by atoms with Gasteiger partial charge < -0.3 is 13.4 Å². The lowest BCUT2D eigenvalue weighted by Gasteiger charge is -2.00. The average Bonchev–Trinajstić information content (AvgIpc) is 2.95. The summed E-state index contributed by atoms with van der Waals surface area (Å²) in [5.41, 5.74) is 0. The van der Waals surface area contributed by atoms with Gasteiger partial charge in [0.25, 0.3) is 11.1 Å². The van der Waals surface area contributed by atoms with Crippen LogP contribution in [0.2, 0.25) is 0 Å². The Morgan fingerprint density at radius 2 is 2.24 bits per heavy atom. The molecule has 21 heavy (non-hydrogen) atoms. The largest absolute Gasteiger partial charge is 0.459 e. The maximum absolute atomic E-state index is 5.54. The summed E-state index contributed by atoms with van der Waals surface area (Å²) < 4.78 is 16.0. The van der Waals surface area contributed by atoms with Crippen LogP contribution in [0.4, 0.5) is 0 Å². The van der Waals surface area contributed by atoms with Gasteiger partial charge in [-0.3, -0.25) is 0 Å². The molecule has 3 heterocycles. The molecule has 1 atom stereocenters. The molecule has 108 valence electrons. The molecule has 3 aromatic heterocycles. The van der Waals surface area contributed by atoms with Crippen molar-refractivity contribution < 1.29 is 13.4 Å². The fraction of sp³-hybridized carbons (Fsp3) is 0.385. The Bertz CT molecular complexity index is 732. The molecule has 0 aliphatic heterocycles. The molecular formula is C13H12N4O3S. The van der Waals surface area contributed by atoms with Crippen LogP contribution in [0.1, 0.15) is 42.6 Å². The molecule has 4 rings (SSSR count). The number of rotatable bonds is 5. The van der Waals surface area contributed by atoms with Gasteiger partial charge in [-0.2, -0.15) is 4.98 Å². The first-order valence-electron chi connectivity index (χ1n) is 6.67. The zero-order chi connectivity index (χ0) is 14.2. The fourth-order valence-electron chi connectivity index (χ4n) is 1.88. The Kier molecular flexibility index (Phi) is 3.03. The van der Waals surface area contributed by atoms with E-state index in [1.807, 2.05) is 6.92 Å². The summed E-state index contributed by atoms with van der Waals surface area (Å²) >= 11 is 1.38. The van der Waals surface area contributed by atoms with Gasteiger partial charge in [-0.15, -0.1) is 10.2 Å². The van der Waals surface area contributed by atoms with E-state index in [1.165, 1.54) is 11.8 Å².